The molecule has 2 aromatic carbocycles. The van der Waals surface area contributed by atoms with Gasteiger partial charge in [0.05, 0.1) is 28.1 Å². The number of carbonyl (C=O) groups is 2. The van der Waals surface area contributed by atoms with Crippen LogP contribution < -0.4 is 5.73 Å². The second-order valence-corrected chi connectivity index (χ2v) is 7.74. The second-order valence-electron chi connectivity index (χ2n) is 7.74. The first-order valence-electron chi connectivity index (χ1n) is 9.63. The fourth-order valence-electron chi connectivity index (χ4n) is 3.81. The number of primary amides is 1. The normalized spacial score (nSPS) is 14.3. The van der Waals surface area contributed by atoms with E-state index in [1.54, 1.807) is 26.0 Å². The van der Waals surface area contributed by atoms with E-state index in [9.17, 15) is 23.5 Å². The van der Waals surface area contributed by atoms with Crippen molar-refractivity contribution in [2.45, 2.75) is 32.1 Å². The zero-order valence-corrected chi connectivity index (χ0v) is 16.9. The van der Waals surface area contributed by atoms with E-state index in [2.05, 4.69) is 9.97 Å². The maximum Gasteiger partial charge on any atom is 0.314 e. The van der Waals surface area contributed by atoms with Crippen molar-refractivity contribution < 1.29 is 23.5 Å². The van der Waals surface area contributed by atoms with Gasteiger partial charge in [0.25, 0.3) is 5.91 Å². The molecule has 1 aliphatic rings. The van der Waals surface area contributed by atoms with E-state index in [1.807, 2.05) is 0 Å². The van der Waals surface area contributed by atoms with Crippen LogP contribution in [0.15, 0.2) is 36.4 Å². The molecule has 1 fully saturated rings. The van der Waals surface area contributed by atoms with Crippen molar-refractivity contribution in [2.24, 2.45) is 5.73 Å². The lowest BCUT2D eigenvalue weighted by molar-refractivity contribution is -0.140. The molecule has 158 valence electrons. The Kier molecular flexibility index (Phi) is 4.80. The molecule has 1 heterocycles. The lowest BCUT2D eigenvalue weighted by atomic mass is 9.92. The Labute approximate surface area is 176 Å². The Bertz CT molecular complexity index is 1210. The van der Waals surface area contributed by atoms with Crippen molar-refractivity contribution in [1.82, 2.24) is 9.97 Å². The van der Waals surface area contributed by atoms with Gasteiger partial charge in [-0.3, -0.25) is 14.6 Å². The molecule has 0 spiro atoms. The van der Waals surface area contributed by atoms with E-state index >= 15 is 0 Å². The number of nitrogens with zero attached hydrogens (tertiary/aromatic N) is 2. The molecule has 31 heavy (non-hydrogen) atoms. The minimum absolute atomic E-state index is 0.0600. The van der Waals surface area contributed by atoms with Crippen LogP contribution in [0.4, 0.5) is 8.78 Å². The SMILES string of the molecule is Cc1nc(C)c(-c2ccc(-c3c(F)cc(C4(C(=O)O)CC4)cc3F)cc2)nc1C(N)=O. The van der Waals surface area contributed by atoms with Gasteiger partial charge in [-0.25, -0.2) is 13.8 Å². The first-order valence-corrected chi connectivity index (χ1v) is 9.63. The van der Waals surface area contributed by atoms with Crippen LogP contribution in [-0.4, -0.2) is 27.0 Å². The molecule has 1 aromatic heterocycles. The van der Waals surface area contributed by atoms with Crippen molar-refractivity contribution >= 4 is 11.9 Å². The minimum atomic E-state index is -1.19. The molecular weight excluding hydrogens is 404 g/mol. The number of hydrogen-bond acceptors (Lipinski definition) is 4. The van der Waals surface area contributed by atoms with Crippen molar-refractivity contribution in [3.05, 3.63) is 70.7 Å². The monoisotopic (exact) mass is 423 g/mol. The smallest absolute Gasteiger partial charge is 0.314 e. The number of carboxylic acid groups (broad SMARTS) is 1. The summed E-state index contributed by atoms with van der Waals surface area (Å²) in [6.07, 6.45) is 0.721. The van der Waals surface area contributed by atoms with Crippen LogP contribution in [0.25, 0.3) is 22.4 Å². The number of carboxylic acids is 1. The van der Waals surface area contributed by atoms with E-state index in [0.717, 1.165) is 12.1 Å². The second kappa shape index (κ2) is 7.23. The Morgan fingerprint density at radius 2 is 1.52 bits per heavy atom. The number of aliphatic carboxylic acids is 1. The molecule has 0 aliphatic heterocycles. The Morgan fingerprint density at radius 1 is 0.968 bits per heavy atom. The largest absolute Gasteiger partial charge is 0.481 e. The molecule has 1 aliphatic carbocycles. The number of benzene rings is 2. The lowest BCUT2D eigenvalue weighted by Gasteiger charge is -2.14. The summed E-state index contributed by atoms with van der Waals surface area (Å²) in [5.41, 5.74) is 6.47. The van der Waals surface area contributed by atoms with Gasteiger partial charge in [-0.05, 0) is 49.9 Å². The van der Waals surface area contributed by atoms with Gasteiger partial charge < -0.3 is 10.8 Å². The molecule has 8 heteroatoms. The average Bonchev–Trinajstić information content (AvgIpc) is 3.50. The standard InChI is InChI=1S/C23H19F2N3O3/c1-11-19(28-20(21(26)29)12(2)27-11)14-5-3-13(4-6-14)18-16(24)9-15(10-17(18)25)23(7-8-23)22(30)31/h3-6,9-10H,7-8H2,1-2H3,(H2,26,29)(H,30,31). The minimum Gasteiger partial charge on any atom is -0.481 e. The first-order chi connectivity index (χ1) is 14.6. The average molecular weight is 423 g/mol. The fraction of sp³-hybridized carbons (Fsp3) is 0.217. The summed E-state index contributed by atoms with van der Waals surface area (Å²) in [5, 5.41) is 9.37. The van der Waals surface area contributed by atoms with Gasteiger partial charge in [0.2, 0.25) is 0 Å². The highest BCUT2D eigenvalue weighted by Gasteiger charge is 2.52. The Hall–Kier alpha value is -3.68. The molecular formula is C23H19F2N3O3. The maximum atomic E-state index is 14.8. The van der Waals surface area contributed by atoms with Gasteiger partial charge in [-0.1, -0.05) is 24.3 Å². The molecule has 0 unspecified atom stereocenters. The molecule has 0 bridgehead atoms. The number of nitrogens with two attached hydrogens (primary N) is 1. The van der Waals surface area contributed by atoms with E-state index in [4.69, 9.17) is 5.73 Å². The lowest BCUT2D eigenvalue weighted by Crippen LogP contribution is -2.20. The number of amides is 1. The van der Waals surface area contributed by atoms with Crippen LogP contribution in [-0.2, 0) is 10.2 Å². The molecule has 3 N–H and O–H groups in total. The maximum absolute atomic E-state index is 14.8. The highest BCUT2D eigenvalue weighted by atomic mass is 19.1. The van der Waals surface area contributed by atoms with E-state index in [0.29, 0.717) is 41.1 Å². The summed E-state index contributed by atoms with van der Waals surface area (Å²) in [5.74, 6) is -3.41. The summed E-state index contributed by atoms with van der Waals surface area (Å²) >= 11 is 0. The van der Waals surface area contributed by atoms with Crippen LogP contribution in [0, 0.1) is 25.5 Å². The number of aromatic nitrogens is 2. The van der Waals surface area contributed by atoms with Crippen molar-refractivity contribution in [2.75, 3.05) is 0 Å². The van der Waals surface area contributed by atoms with Crippen molar-refractivity contribution in [3.8, 4) is 22.4 Å². The topological polar surface area (TPSA) is 106 Å². The van der Waals surface area contributed by atoms with E-state index < -0.39 is 28.9 Å². The number of halogens is 2. The van der Waals surface area contributed by atoms with Crippen molar-refractivity contribution in [3.63, 3.8) is 0 Å². The predicted molar refractivity (Wildman–Crippen MR) is 109 cm³/mol. The zero-order valence-electron chi connectivity index (χ0n) is 16.9. The molecule has 0 saturated heterocycles. The number of hydrogen-bond donors (Lipinski definition) is 2. The van der Waals surface area contributed by atoms with Crippen molar-refractivity contribution in [1.29, 1.82) is 0 Å². The van der Waals surface area contributed by atoms with Gasteiger partial charge >= 0.3 is 5.97 Å². The molecule has 4 rings (SSSR count). The van der Waals surface area contributed by atoms with Crippen LogP contribution in [0.2, 0.25) is 0 Å². The summed E-state index contributed by atoms with van der Waals surface area (Å²) < 4.78 is 29.6. The van der Waals surface area contributed by atoms with Crippen LogP contribution in [0.5, 0.6) is 0 Å². The van der Waals surface area contributed by atoms with Crippen LogP contribution in [0.1, 0.15) is 40.3 Å². The Morgan fingerprint density at radius 3 is 2.00 bits per heavy atom. The third kappa shape index (κ3) is 3.43. The highest BCUT2D eigenvalue weighted by molar-refractivity contribution is 5.92. The summed E-state index contributed by atoms with van der Waals surface area (Å²) in [6.45, 7) is 3.38. The molecule has 3 aromatic rings. The first kappa shape index (κ1) is 20.6. The van der Waals surface area contributed by atoms with Gasteiger partial charge in [0.15, 0.2) is 0 Å². The molecule has 1 amide bonds. The third-order valence-corrected chi connectivity index (χ3v) is 5.68. The highest BCUT2D eigenvalue weighted by Crippen LogP contribution is 2.49. The number of rotatable bonds is 5. The van der Waals surface area contributed by atoms with Crippen LogP contribution in [0.3, 0.4) is 0 Å². The number of carbonyl (C=O) groups excluding carboxylic acids is 1. The van der Waals surface area contributed by atoms with Gasteiger partial charge in [-0.2, -0.15) is 0 Å². The quantitative estimate of drug-likeness (QED) is 0.647. The van der Waals surface area contributed by atoms with E-state index in [-0.39, 0.29) is 16.8 Å². The molecule has 6 nitrogen and oxygen atoms in total. The summed E-state index contributed by atoms with van der Waals surface area (Å²) in [7, 11) is 0. The Balaban J connectivity index is 1.72. The molecule has 1 saturated carbocycles. The summed E-state index contributed by atoms with van der Waals surface area (Å²) in [4.78, 5) is 31.6. The van der Waals surface area contributed by atoms with Gasteiger partial charge in [0.1, 0.15) is 17.3 Å². The number of aryl methyl sites for hydroxylation is 2. The van der Waals surface area contributed by atoms with Crippen LogP contribution >= 0.6 is 0 Å². The molecule has 0 atom stereocenters. The van der Waals surface area contributed by atoms with E-state index in [1.165, 1.54) is 12.1 Å². The summed E-state index contributed by atoms with van der Waals surface area (Å²) in [6, 6.07) is 8.51. The molecule has 0 radical (unpaired) electrons. The van der Waals surface area contributed by atoms with Gasteiger partial charge in [-0.15, -0.1) is 0 Å². The van der Waals surface area contributed by atoms with Gasteiger partial charge in [0, 0.05) is 5.56 Å². The zero-order chi connectivity index (χ0) is 22.5. The predicted octanol–water partition coefficient (Wildman–Crippen LogP) is 3.92. The third-order valence-electron chi connectivity index (χ3n) is 5.68. The fourth-order valence-corrected chi connectivity index (χ4v) is 3.81.